The predicted octanol–water partition coefficient (Wildman–Crippen LogP) is 3.14. The highest BCUT2D eigenvalue weighted by Gasteiger charge is 2.30. The van der Waals surface area contributed by atoms with Crippen LogP contribution in [0.1, 0.15) is 6.42 Å². The van der Waals surface area contributed by atoms with E-state index in [9.17, 15) is 13.2 Å². The maximum atomic E-state index is 13.0. The van der Waals surface area contributed by atoms with Crippen LogP contribution < -0.4 is 4.74 Å². The smallest absolute Gasteiger partial charge is 0.243 e. The van der Waals surface area contributed by atoms with Crippen molar-refractivity contribution in [3.05, 3.63) is 72.8 Å². The van der Waals surface area contributed by atoms with Crippen LogP contribution in [0.5, 0.6) is 5.75 Å². The molecule has 0 N–H and O–H groups in total. The molecule has 0 aromatic heterocycles. The van der Waals surface area contributed by atoms with Gasteiger partial charge in [0.05, 0.1) is 17.9 Å². The highest BCUT2D eigenvalue weighted by atomic mass is 32.2. The first-order valence-corrected chi connectivity index (χ1v) is 11.4. The van der Waals surface area contributed by atoms with Gasteiger partial charge in [0.2, 0.25) is 15.9 Å². The van der Waals surface area contributed by atoms with Crippen molar-refractivity contribution >= 4 is 26.7 Å². The molecule has 4 rings (SSSR count). The van der Waals surface area contributed by atoms with E-state index >= 15 is 0 Å². The molecule has 1 aliphatic heterocycles. The van der Waals surface area contributed by atoms with Gasteiger partial charge < -0.3 is 9.64 Å². The number of sulfonamides is 1. The average molecular weight is 425 g/mol. The van der Waals surface area contributed by atoms with Gasteiger partial charge in [-0.2, -0.15) is 4.31 Å². The molecule has 1 saturated heterocycles. The molecule has 3 aromatic carbocycles. The van der Waals surface area contributed by atoms with Gasteiger partial charge in [0.1, 0.15) is 5.75 Å². The fourth-order valence-corrected chi connectivity index (χ4v) is 5.04. The monoisotopic (exact) mass is 424 g/mol. The number of rotatable bonds is 6. The Morgan fingerprint density at radius 2 is 1.50 bits per heavy atom. The fourth-order valence-electron chi connectivity index (χ4n) is 3.59. The van der Waals surface area contributed by atoms with Gasteiger partial charge in [-0.25, -0.2) is 8.42 Å². The van der Waals surface area contributed by atoms with E-state index in [1.54, 1.807) is 17.0 Å². The van der Waals surface area contributed by atoms with Crippen LogP contribution >= 0.6 is 0 Å². The number of hydrogen-bond donors (Lipinski definition) is 0. The number of carbonyl (C=O) groups excluding carboxylic acids is 1. The number of para-hydroxylation sites is 1. The van der Waals surface area contributed by atoms with E-state index in [0.29, 0.717) is 32.8 Å². The summed E-state index contributed by atoms with van der Waals surface area (Å²) < 4.78 is 33.1. The first-order chi connectivity index (χ1) is 14.5. The van der Waals surface area contributed by atoms with E-state index in [-0.39, 0.29) is 17.2 Å². The summed E-state index contributed by atoms with van der Waals surface area (Å²) in [4.78, 5) is 14.4. The van der Waals surface area contributed by atoms with Crippen LogP contribution in [0.2, 0.25) is 0 Å². The number of fused-ring (bicyclic) bond motifs is 1. The maximum absolute atomic E-state index is 13.0. The minimum absolute atomic E-state index is 0.0197. The van der Waals surface area contributed by atoms with Crippen LogP contribution in [0.15, 0.2) is 77.7 Å². The third-order valence-electron chi connectivity index (χ3n) is 5.28. The van der Waals surface area contributed by atoms with Crippen molar-refractivity contribution in [3.63, 3.8) is 0 Å². The zero-order valence-electron chi connectivity index (χ0n) is 16.6. The summed E-state index contributed by atoms with van der Waals surface area (Å²) in [6.45, 7) is 1.66. The van der Waals surface area contributed by atoms with Crippen LogP contribution in [0.3, 0.4) is 0 Å². The van der Waals surface area contributed by atoms with Gasteiger partial charge in [-0.3, -0.25) is 4.79 Å². The molecule has 1 aliphatic rings. The summed E-state index contributed by atoms with van der Waals surface area (Å²) in [5, 5.41) is 1.90. The van der Waals surface area contributed by atoms with E-state index in [1.165, 1.54) is 4.31 Å². The minimum Gasteiger partial charge on any atom is -0.493 e. The molecule has 1 heterocycles. The normalized spacial score (nSPS) is 15.3. The number of benzene rings is 3. The van der Waals surface area contributed by atoms with Crippen LogP contribution in [-0.2, 0) is 14.8 Å². The molecule has 0 saturated carbocycles. The molecule has 0 spiro atoms. The van der Waals surface area contributed by atoms with Crippen molar-refractivity contribution in [2.24, 2.45) is 0 Å². The van der Waals surface area contributed by atoms with Crippen LogP contribution in [0.4, 0.5) is 0 Å². The van der Waals surface area contributed by atoms with Crippen molar-refractivity contribution in [1.82, 2.24) is 9.21 Å². The summed E-state index contributed by atoms with van der Waals surface area (Å²) in [5.41, 5.74) is 0. The SMILES string of the molecule is O=C(CCOc1ccccc1)N1CCN(S(=O)(=O)c2ccc3ccccc3c2)CC1. The molecule has 6 nitrogen and oxygen atoms in total. The van der Waals surface area contributed by atoms with Gasteiger partial charge in [0.25, 0.3) is 0 Å². The van der Waals surface area contributed by atoms with E-state index in [0.717, 1.165) is 16.5 Å². The zero-order valence-corrected chi connectivity index (χ0v) is 17.4. The molecule has 0 atom stereocenters. The molecule has 0 unspecified atom stereocenters. The summed E-state index contributed by atoms with van der Waals surface area (Å²) in [6.07, 6.45) is 0.270. The standard InChI is InChI=1S/C23H24N2O4S/c26-23(12-17-29-21-8-2-1-3-9-21)24-13-15-25(16-14-24)30(27,28)22-11-10-19-6-4-5-7-20(19)18-22/h1-11,18H,12-17H2. The molecule has 0 bridgehead atoms. The Kier molecular flexibility index (Phi) is 6.01. The van der Waals surface area contributed by atoms with Crippen molar-refractivity contribution in [2.75, 3.05) is 32.8 Å². The first kappa shape index (κ1) is 20.4. The highest BCUT2D eigenvalue weighted by Crippen LogP contribution is 2.23. The quantitative estimate of drug-likeness (QED) is 0.610. The van der Waals surface area contributed by atoms with Gasteiger partial charge in [-0.05, 0) is 35.0 Å². The number of ether oxygens (including phenoxy) is 1. The van der Waals surface area contributed by atoms with Gasteiger partial charge in [-0.1, -0.05) is 48.5 Å². The Balaban J connectivity index is 1.33. The Labute approximate surface area is 176 Å². The Morgan fingerprint density at radius 1 is 0.833 bits per heavy atom. The molecule has 0 aliphatic carbocycles. The second kappa shape index (κ2) is 8.85. The van der Waals surface area contributed by atoms with Crippen molar-refractivity contribution < 1.29 is 17.9 Å². The van der Waals surface area contributed by atoms with Crippen LogP contribution in [0, 0.1) is 0 Å². The molecule has 7 heteroatoms. The van der Waals surface area contributed by atoms with Gasteiger partial charge in [-0.15, -0.1) is 0 Å². The fraction of sp³-hybridized carbons (Fsp3) is 0.261. The lowest BCUT2D eigenvalue weighted by Crippen LogP contribution is -2.50. The lowest BCUT2D eigenvalue weighted by molar-refractivity contribution is -0.132. The number of nitrogens with zero attached hydrogens (tertiary/aromatic N) is 2. The van der Waals surface area contributed by atoms with Crippen molar-refractivity contribution in [2.45, 2.75) is 11.3 Å². The predicted molar refractivity (Wildman–Crippen MR) is 116 cm³/mol. The van der Waals surface area contributed by atoms with Crippen LogP contribution in [-0.4, -0.2) is 56.3 Å². The maximum Gasteiger partial charge on any atom is 0.243 e. The number of hydrogen-bond acceptors (Lipinski definition) is 4. The van der Waals surface area contributed by atoms with Gasteiger partial charge in [0.15, 0.2) is 0 Å². The Hall–Kier alpha value is -2.90. The second-order valence-electron chi connectivity index (χ2n) is 7.21. The molecule has 30 heavy (non-hydrogen) atoms. The molecule has 1 fully saturated rings. The topological polar surface area (TPSA) is 66.9 Å². The third kappa shape index (κ3) is 4.47. The highest BCUT2D eigenvalue weighted by molar-refractivity contribution is 7.89. The lowest BCUT2D eigenvalue weighted by Gasteiger charge is -2.34. The van der Waals surface area contributed by atoms with Gasteiger partial charge >= 0.3 is 0 Å². The van der Waals surface area contributed by atoms with E-state index in [1.807, 2.05) is 60.7 Å². The first-order valence-electron chi connectivity index (χ1n) is 9.99. The minimum atomic E-state index is -3.58. The summed E-state index contributed by atoms with van der Waals surface area (Å²) in [6, 6.07) is 22.2. The van der Waals surface area contributed by atoms with Crippen LogP contribution in [0.25, 0.3) is 10.8 Å². The number of amides is 1. The molecule has 0 radical (unpaired) electrons. The van der Waals surface area contributed by atoms with Crippen molar-refractivity contribution in [1.29, 1.82) is 0 Å². The summed E-state index contributed by atoms with van der Waals surface area (Å²) >= 11 is 0. The lowest BCUT2D eigenvalue weighted by atomic mass is 10.1. The average Bonchev–Trinajstić information content (AvgIpc) is 2.79. The molecule has 1 amide bonds. The molecular formula is C23H24N2O4S. The van der Waals surface area contributed by atoms with E-state index < -0.39 is 10.0 Å². The second-order valence-corrected chi connectivity index (χ2v) is 9.14. The zero-order chi connectivity index (χ0) is 21.0. The number of piperazine rings is 1. The van der Waals surface area contributed by atoms with Crippen molar-refractivity contribution in [3.8, 4) is 5.75 Å². The Morgan fingerprint density at radius 3 is 2.23 bits per heavy atom. The largest absolute Gasteiger partial charge is 0.493 e. The van der Waals surface area contributed by atoms with E-state index in [2.05, 4.69) is 0 Å². The number of carbonyl (C=O) groups is 1. The summed E-state index contributed by atoms with van der Waals surface area (Å²) in [5.74, 6) is 0.713. The van der Waals surface area contributed by atoms with Gasteiger partial charge in [0, 0.05) is 26.2 Å². The molecule has 156 valence electrons. The summed E-state index contributed by atoms with van der Waals surface area (Å²) in [7, 11) is -3.58. The Bertz CT molecular complexity index is 1120. The third-order valence-corrected chi connectivity index (χ3v) is 7.17. The molecular weight excluding hydrogens is 400 g/mol. The molecule has 3 aromatic rings. The van der Waals surface area contributed by atoms with E-state index in [4.69, 9.17) is 4.74 Å².